The highest BCUT2D eigenvalue weighted by Gasteiger charge is 2.57. The molecule has 0 spiro atoms. The van der Waals surface area contributed by atoms with Crippen molar-refractivity contribution >= 4 is 0 Å². The molecule has 0 bridgehead atoms. The summed E-state index contributed by atoms with van der Waals surface area (Å²) in [6, 6.07) is 0. The van der Waals surface area contributed by atoms with Crippen molar-refractivity contribution in [3.63, 3.8) is 0 Å². The first-order chi connectivity index (χ1) is 9.31. The van der Waals surface area contributed by atoms with E-state index in [1.807, 2.05) is 6.92 Å². The second-order valence-corrected chi connectivity index (χ2v) is 3.68. The Morgan fingerprint density at radius 2 is 1.05 bits per heavy atom. The topological polar surface area (TPSA) is 36.9 Å². The van der Waals surface area contributed by atoms with Crippen LogP contribution in [0.1, 0.15) is 6.92 Å². The molecule has 0 aliphatic heterocycles. The Kier molecular flexibility index (Phi) is 9.99. The molecule has 0 N–H and O–H groups in total. The number of rotatable bonds is 12. The van der Waals surface area contributed by atoms with Crippen LogP contribution in [0, 0.1) is 0 Å². The van der Waals surface area contributed by atoms with Gasteiger partial charge < -0.3 is 18.9 Å². The van der Waals surface area contributed by atoms with Crippen LogP contribution in [0.15, 0.2) is 0 Å². The van der Waals surface area contributed by atoms with Crippen molar-refractivity contribution in [2.45, 2.75) is 19.0 Å². The maximum absolute atomic E-state index is 12.4. The summed E-state index contributed by atoms with van der Waals surface area (Å²) in [5, 5.41) is 0. The number of hydrogen-bond acceptors (Lipinski definition) is 4. The highest BCUT2D eigenvalue weighted by atomic mass is 19.4. The van der Waals surface area contributed by atoms with E-state index in [0.717, 1.165) is 0 Å². The van der Waals surface area contributed by atoms with Gasteiger partial charge in [0, 0.05) is 6.61 Å². The smallest absolute Gasteiger partial charge is 0.379 e. The number of halogens is 5. The average Bonchev–Trinajstić information content (AvgIpc) is 2.34. The molecule has 0 saturated carbocycles. The summed E-state index contributed by atoms with van der Waals surface area (Å²) in [5.41, 5.74) is 0. The lowest BCUT2D eigenvalue weighted by molar-refractivity contribution is -0.297. The second kappa shape index (κ2) is 10.3. The van der Waals surface area contributed by atoms with Gasteiger partial charge in [0.25, 0.3) is 0 Å². The number of alkyl halides is 5. The van der Waals surface area contributed by atoms with Crippen molar-refractivity contribution in [2.75, 3.05) is 52.9 Å². The van der Waals surface area contributed by atoms with Crippen LogP contribution < -0.4 is 0 Å². The zero-order valence-corrected chi connectivity index (χ0v) is 11.2. The molecule has 0 aromatic rings. The van der Waals surface area contributed by atoms with Crippen LogP contribution in [0.3, 0.4) is 0 Å². The van der Waals surface area contributed by atoms with Gasteiger partial charge in [-0.05, 0) is 6.92 Å². The van der Waals surface area contributed by atoms with Gasteiger partial charge in [0.2, 0.25) is 0 Å². The van der Waals surface area contributed by atoms with E-state index in [1.165, 1.54) is 0 Å². The van der Waals surface area contributed by atoms with Crippen molar-refractivity contribution in [3.05, 3.63) is 0 Å². The van der Waals surface area contributed by atoms with E-state index in [-0.39, 0.29) is 26.4 Å². The summed E-state index contributed by atoms with van der Waals surface area (Å²) in [4.78, 5) is 0. The van der Waals surface area contributed by atoms with Gasteiger partial charge in [-0.2, -0.15) is 22.0 Å². The molecule has 0 radical (unpaired) electrons. The zero-order valence-electron chi connectivity index (χ0n) is 11.2. The lowest BCUT2D eigenvalue weighted by Gasteiger charge is -2.19. The molecule has 0 fully saturated rings. The maximum atomic E-state index is 12.4. The average molecular weight is 310 g/mol. The van der Waals surface area contributed by atoms with E-state index in [4.69, 9.17) is 14.2 Å². The largest absolute Gasteiger partial charge is 0.455 e. The first kappa shape index (κ1) is 19.5. The summed E-state index contributed by atoms with van der Waals surface area (Å²) >= 11 is 0. The summed E-state index contributed by atoms with van der Waals surface area (Å²) in [6.07, 6.45) is -5.59. The van der Waals surface area contributed by atoms with Gasteiger partial charge in [-0.15, -0.1) is 0 Å². The molecule has 20 heavy (non-hydrogen) atoms. The first-order valence-electron chi connectivity index (χ1n) is 6.06. The molecule has 0 saturated heterocycles. The Bertz CT molecular complexity index is 235. The highest BCUT2D eigenvalue weighted by molar-refractivity contribution is 4.74. The maximum Gasteiger partial charge on any atom is 0.455 e. The van der Waals surface area contributed by atoms with Crippen LogP contribution in [0.2, 0.25) is 0 Å². The predicted molar refractivity (Wildman–Crippen MR) is 60.0 cm³/mol. The van der Waals surface area contributed by atoms with Crippen LogP contribution in [0.5, 0.6) is 0 Å². The van der Waals surface area contributed by atoms with Crippen LogP contribution >= 0.6 is 0 Å². The second-order valence-electron chi connectivity index (χ2n) is 3.68. The van der Waals surface area contributed by atoms with E-state index >= 15 is 0 Å². The molecule has 0 aromatic heterocycles. The highest BCUT2D eigenvalue weighted by Crippen LogP contribution is 2.35. The molecule has 0 atom stereocenters. The minimum Gasteiger partial charge on any atom is -0.379 e. The van der Waals surface area contributed by atoms with Crippen molar-refractivity contribution in [3.8, 4) is 0 Å². The van der Waals surface area contributed by atoms with Gasteiger partial charge in [-0.1, -0.05) is 0 Å². The molecule has 0 aromatic carbocycles. The molecule has 0 rings (SSSR count). The van der Waals surface area contributed by atoms with E-state index < -0.39 is 18.7 Å². The molecule has 0 aliphatic rings. The SMILES string of the molecule is CCOCCOCCOCCOCC(F)(F)C(F)(F)F. The van der Waals surface area contributed by atoms with Crippen LogP contribution in [0.25, 0.3) is 0 Å². The molecule has 9 heteroatoms. The molecule has 0 unspecified atom stereocenters. The fourth-order valence-corrected chi connectivity index (χ4v) is 0.984. The Morgan fingerprint density at radius 1 is 0.650 bits per heavy atom. The summed E-state index contributed by atoms with van der Waals surface area (Å²) in [5.74, 6) is -4.84. The quantitative estimate of drug-likeness (QED) is 0.409. The van der Waals surface area contributed by atoms with Gasteiger partial charge in [-0.25, -0.2) is 0 Å². The van der Waals surface area contributed by atoms with E-state index in [1.54, 1.807) is 0 Å². The minimum absolute atomic E-state index is 0.0806. The van der Waals surface area contributed by atoms with Gasteiger partial charge in [-0.3, -0.25) is 0 Å². The Labute approximate surface area is 114 Å². The molecular formula is C11H19F5O4. The van der Waals surface area contributed by atoms with Gasteiger partial charge in [0.15, 0.2) is 0 Å². The van der Waals surface area contributed by atoms with Crippen molar-refractivity contribution < 1.29 is 40.9 Å². The van der Waals surface area contributed by atoms with Crippen molar-refractivity contribution in [1.82, 2.24) is 0 Å². The summed E-state index contributed by atoms with van der Waals surface area (Å²) in [7, 11) is 0. The number of hydrogen-bond donors (Lipinski definition) is 0. The third kappa shape index (κ3) is 9.40. The Hall–Kier alpha value is -0.510. The lowest BCUT2D eigenvalue weighted by atomic mass is 10.3. The fraction of sp³-hybridized carbons (Fsp3) is 1.00. The van der Waals surface area contributed by atoms with Gasteiger partial charge in [0.1, 0.15) is 6.61 Å². The van der Waals surface area contributed by atoms with Crippen molar-refractivity contribution in [2.24, 2.45) is 0 Å². The van der Waals surface area contributed by atoms with E-state index in [2.05, 4.69) is 4.74 Å². The molecule has 0 amide bonds. The molecule has 4 nitrogen and oxygen atoms in total. The zero-order chi connectivity index (χ0) is 15.5. The van der Waals surface area contributed by atoms with E-state index in [0.29, 0.717) is 19.8 Å². The molecule has 0 heterocycles. The molecular weight excluding hydrogens is 291 g/mol. The first-order valence-corrected chi connectivity index (χ1v) is 6.06. The van der Waals surface area contributed by atoms with Gasteiger partial charge in [0.05, 0.1) is 39.6 Å². The van der Waals surface area contributed by atoms with Crippen LogP contribution in [0.4, 0.5) is 22.0 Å². The van der Waals surface area contributed by atoms with Gasteiger partial charge >= 0.3 is 12.1 Å². The van der Waals surface area contributed by atoms with Crippen LogP contribution in [-0.4, -0.2) is 65.0 Å². The third-order valence-electron chi connectivity index (χ3n) is 2.02. The lowest BCUT2D eigenvalue weighted by Crippen LogP contribution is -2.41. The number of ether oxygens (including phenoxy) is 4. The minimum atomic E-state index is -5.59. The Morgan fingerprint density at radius 3 is 1.45 bits per heavy atom. The molecule has 122 valence electrons. The molecule has 0 aliphatic carbocycles. The van der Waals surface area contributed by atoms with Crippen molar-refractivity contribution in [1.29, 1.82) is 0 Å². The van der Waals surface area contributed by atoms with E-state index in [9.17, 15) is 22.0 Å². The summed E-state index contributed by atoms with van der Waals surface area (Å²) in [6.45, 7) is 1.68. The fourth-order valence-electron chi connectivity index (χ4n) is 0.984. The Balaban J connectivity index is 3.33. The normalized spacial score (nSPS) is 12.9. The standard InChI is InChI=1S/C11H19F5O4/c1-2-17-3-4-18-5-6-19-7-8-20-9-10(12,13)11(14,15)16/h2-9H2,1H3. The predicted octanol–water partition coefficient (Wildman–Crippen LogP) is 2.27. The third-order valence-corrected chi connectivity index (χ3v) is 2.02. The summed E-state index contributed by atoms with van der Waals surface area (Å²) < 4.78 is 79.3. The van der Waals surface area contributed by atoms with Crippen LogP contribution in [-0.2, 0) is 18.9 Å². The monoisotopic (exact) mass is 310 g/mol.